The number of hydrogen-bond donors (Lipinski definition) is 17. The lowest BCUT2D eigenvalue weighted by atomic mass is 9.88. The van der Waals surface area contributed by atoms with Gasteiger partial charge in [0, 0.05) is 43.7 Å². The number of aliphatic hydroxyl groups is 11. The van der Waals surface area contributed by atoms with E-state index in [0.717, 1.165) is 57.6 Å². The van der Waals surface area contributed by atoms with Crippen LogP contribution in [0, 0.1) is 0 Å². The van der Waals surface area contributed by atoms with Gasteiger partial charge in [0.05, 0.1) is 62.8 Å². The number of rotatable bonds is 40. The van der Waals surface area contributed by atoms with E-state index in [2.05, 4.69) is 33.5 Å². The first kappa shape index (κ1) is 73.3. The van der Waals surface area contributed by atoms with Gasteiger partial charge in [0.25, 0.3) is 5.79 Å². The maximum absolute atomic E-state index is 13.4. The van der Waals surface area contributed by atoms with Gasteiger partial charge in [-0.05, 0) is 38.5 Å². The Morgan fingerprint density at radius 1 is 0.767 bits per heavy atom. The zero-order valence-electron chi connectivity index (χ0n) is 49.6. The lowest BCUT2D eigenvalue weighted by molar-refractivity contribution is -0.386. The number of unbranched alkanes of at least 4 members (excludes halogenated alkanes) is 14. The highest BCUT2D eigenvalue weighted by Gasteiger charge is 2.60. The van der Waals surface area contributed by atoms with Gasteiger partial charge >= 0.3 is 12.0 Å². The Hall–Kier alpha value is -3.44. The van der Waals surface area contributed by atoms with Gasteiger partial charge in [0.1, 0.15) is 67.1 Å². The SMILES string of the molecule is CCCCCCCCCCCCCC=CC(O)C(COC1OC(CO)C(OC2OC(CO)C(O)C(OC3(C(=O)O)CC(O)C(NC(C)=O)C(C(O)C(O)CO)O3)C2O)C(O)C1O)NC(=O)CCCCCNC(=O)CCCCC1SCC2NC(=O)NC21. The van der Waals surface area contributed by atoms with Crippen molar-refractivity contribution in [2.24, 2.45) is 0 Å². The average Bonchev–Trinajstić information content (AvgIpc) is 1.28. The molecule has 21 atom stereocenters. The molecule has 0 radical (unpaired) electrons. The molecule has 0 saturated carbocycles. The highest BCUT2D eigenvalue weighted by molar-refractivity contribution is 8.00. The number of carboxylic acid groups (broad SMARTS) is 1. The molecule has 0 aromatic carbocycles. The van der Waals surface area contributed by atoms with Crippen LogP contribution >= 0.6 is 11.8 Å². The maximum atomic E-state index is 13.4. The fourth-order valence-corrected chi connectivity index (χ4v) is 13.0. The van der Waals surface area contributed by atoms with Crippen LogP contribution in [-0.2, 0) is 47.6 Å². The number of nitrogens with one attached hydrogen (secondary N) is 5. The Labute approximate surface area is 506 Å². The summed E-state index contributed by atoms with van der Waals surface area (Å²) in [6, 6.07) is -2.57. The molecule has 496 valence electrons. The summed E-state index contributed by atoms with van der Waals surface area (Å²) in [6.45, 7) is 0.130. The first-order chi connectivity index (χ1) is 41.2. The van der Waals surface area contributed by atoms with Crippen molar-refractivity contribution in [3.8, 4) is 0 Å². The summed E-state index contributed by atoms with van der Waals surface area (Å²) in [6.07, 6.45) is -8.59. The summed E-state index contributed by atoms with van der Waals surface area (Å²) in [4.78, 5) is 62.6. The van der Waals surface area contributed by atoms with Crippen LogP contribution in [0.4, 0.5) is 4.79 Å². The van der Waals surface area contributed by atoms with Crippen LogP contribution in [0.2, 0.25) is 0 Å². The highest BCUT2D eigenvalue weighted by Crippen LogP contribution is 2.39. The van der Waals surface area contributed by atoms with Crippen LogP contribution in [0.3, 0.4) is 0 Å². The van der Waals surface area contributed by atoms with Crippen molar-refractivity contribution in [1.29, 1.82) is 0 Å². The molecule has 21 unspecified atom stereocenters. The molecule has 0 spiro atoms. The van der Waals surface area contributed by atoms with Gasteiger partial charge in [-0.25, -0.2) is 9.59 Å². The van der Waals surface area contributed by atoms with Crippen LogP contribution in [0.25, 0.3) is 0 Å². The smallest absolute Gasteiger partial charge is 0.364 e. The summed E-state index contributed by atoms with van der Waals surface area (Å²) in [7, 11) is 0. The molecule has 5 heterocycles. The average molecular weight is 1250 g/mol. The third kappa shape index (κ3) is 21.9. The summed E-state index contributed by atoms with van der Waals surface area (Å²) >= 11 is 1.83. The van der Waals surface area contributed by atoms with Crippen molar-refractivity contribution >= 4 is 41.5 Å². The summed E-state index contributed by atoms with van der Waals surface area (Å²) in [5.41, 5.74) is 0. The normalized spacial score (nSPS) is 33.3. The quantitative estimate of drug-likeness (QED) is 0.0185. The minimum atomic E-state index is -3.10. The van der Waals surface area contributed by atoms with Crippen molar-refractivity contribution in [1.82, 2.24) is 26.6 Å². The van der Waals surface area contributed by atoms with Gasteiger partial charge in [-0.15, -0.1) is 0 Å². The monoisotopic (exact) mass is 1250 g/mol. The van der Waals surface area contributed by atoms with Crippen LogP contribution in [0.15, 0.2) is 12.2 Å². The fourth-order valence-electron chi connectivity index (χ4n) is 11.5. The van der Waals surface area contributed by atoms with E-state index < -0.39 is 160 Å². The molecule has 5 aliphatic heterocycles. The minimum absolute atomic E-state index is 0.0579. The van der Waals surface area contributed by atoms with Gasteiger partial charge < -0.3 is 116 Å². The molecule has 5 fully saturated rings. The van der Waals surface area contributed by atoms with E-state index in [1.807, 2.05) is 17.8 Å². The Morgan fingerprint density at radius 3 is 2.06 bits per heavy atom. The lowest BCUT2D eigenvalue weighted by Crippen LogP contribution is -2.70. The second-order valence-electron chi connectivity index (χ2n) is 23.3. The zero-order valence-corrected chi connectivity index (χ0v) is 50.4. The number of carbonyl (C=O) groups excluding carboxylic acids is 4. The van der Waals surface area contributed by atoms with E-state index in [9.17, 15) is 85.3 Å². The second kappa shape index (κ2) is 37.7. The number of urea groups is 1. The van der Waals surface area contributed by atoms with E-state index >= 15 is 0 Å². The molecule has 5 amide bonds. The van der Waals surface area contributed by atoms with E-state index in [1.54, 1.807) is 0 Å². The van der Waals surface area contributed by atoms with E-state index in [0.29, 0.717) is 43.9 Å². The van der Waals surface area contributed by atoms with Crippen molar-refractivity contribution in [3.63, 3.8) is 0 Å². The van der Waals surface area contributed by atoms with Crippen LogP contribution in [0.1, 0.15) is 149 Å². The molecule has 86 heavy (non-hydrogen) atoms. The molecular formula is C57H99N5O23S. The van der Waals surface area contributed by atoms with E-state index in [4.69, 9.17) is 28.4 Å². The Balaban J connectivity index is 1.16. The third-order valence-electron chi connectivity index (χ3n) is 16.4. The number of amides is 5. The van der Waals surface area contributed by atoms with E-state index in [1.165, 1.54) is 51.0 Å². The Morgan fingerprint density at radius 2 is 1.41 bits per heavy atom. The predicted octanol–water partition coefficient (Wildman–Crippen LogP) is -1.69. The number of ether oxygens (including phenoxy) is 6. The topological polar surface area (TPSA) is 444 Å². The molecule has 29 heteroatoms. The number of carbonyl (C=O) groups is 5. The molecule has 5 aliphatic rings. The van der Waals surface area contributed by atoms with Gasteiger partial charge in [-0.3, -0.25) is 14.4 Å². The number of aliphatic carboxylic acids is 1. The Kier molecular flexibility index (Phi) is 32.1. The van der Waals surface area contributed by atoms with Crippen molar-refractivity contribution in [2.45, 2.75) is 276 Å². The Bertz CT molecular complexity index is 2070. The van der Waals surface area contributed by atoms with Gasteiger partial charge in [0.2, 0.25) is 17.7 Å². The molecule has 0 bridgehead atoms. The number of fused-ring (bicyclic) bond motifs is 1. The molecule has 0 aliphatic carbocycles. The molecular weight excluding hydrogens is 1150 g/mol. The molecule has 28 nitrogen and oxygen atoms in total. The van der Waals surface area contributed by atoms with Crippen LogP contribution in [-0.4, -0.2) is 257 Å². The molecule has 5 saturated heterocycles. The minimum Gasteiger partial charge on any atom is -0.477 e. The van der Waals surface area contributed by atoms with Gasteiger partial charge in [-0.1, -0.05) is 96.1 Å². The summed E-state index contributed by atoms with van der Waals surface area (Å²) in [5.74, 6) is -5.49. The van der Waals surface area contributed by atoms with Crippen LogP contribution < -0.4 is 26.6 Å². The fraction of sp³-hybridized carbons (Fsp3) is 0.877. The summed E-state index contributed by atoms with van der Waals surface area (Å²) < 4.78 is 34.6. The van der Waals surface area contributed by atoms with Crippen molar-refractivity contribution in [3.05, 3.63) is 12.2 Å². The first-order valence-electron chi connectivity index (χ1n) is 30.8. The summed E-state index contributed by atoms with van der Waals surface area (Å²) in [5, 5.41) is 145. The largest absolute Gasteiger partial charge is 0.477 e. The number of allylic oxidation sites excluding steroid dienone is 1. The van der Waals surface area contributed by atoms with Crippen molar-refractivity contribution < 1.29 is 114 Å². The number of aliphatic hydroxyl groups excluding tert-OH is 11. The number of carboxylic acids is 1. The number of hydrogen-bond acceptors (Lipinski definition) is 23. The van der Waals surface area contributed by atoms with Crippen molar-refractivity contribution in [2.75, 3.05) is 38.7 Å². The predicted molar refractivity (Wildman–Crippen MR) is 307 cm³/mol. The maximum Gasteiger partial charge on any atom is 0.364 e. The standard InChI is InChI=1S/C57H99N5O23S/c1-3-4-5-6-7-8-9-10-11-12-13-14-16-21-35(67)33(60-42(71)24-17-15-20-25-58-41(70)23-19-18-22-40-43-34(31-86-40)61-56(79)62-43)30-80-53-48(75)47(74)50(39(29-65)82-53)83-54-49(76)52(46(73)38(28-64)81-54)85-57(55(77)78)26-36(68)44(59-32(2)66)51(84-57)45(72)37(69)27-63/h16,21,33-40,43-54,63-65,67-69,72-76H,3-15,17-20,22-31H2,1-2H3,(H,58,70)(H,59,66)(H,60,71)(H,77,78)(H2,61,62,79). The van der Waals surface area contributed by atoms with Crippen LogP contribution in [0.5, 0.6) is 0 Å². The van der Waals surface area contributed by atoms with Gasteiger partial charge in [-0.2, -0.15) is 11.8 Å². The molecule has 5 rings (SSSR count). The third-order valence-corrected chi connectivity index (χ3v) is 17.9. The second-order valence-corrected chi connectivity index (χ2v) is 24.5. The first-order valence-corrected chi connectivity index (χ1v) is 31.9. The zero-order chi connectivity index (χ0) is 62.9. The lowest BCUT2D eigenvalue weighted by Gasteiger charge is -2.50. The molecule has 0 aromatic heterocycles. The molecule has 0 aromatic rings. The molecule has 17 N–H and O–H groups in total. The van der Waals surface area contributed by atoms with E-state index in [-0.39, 0.29) is 30.4 Å². The highest BCUT2D eigenvalue weighted by atomic mass is 32.2. The number of thioether (sulfide) groups is 1. The van der Waals surface area contributed by atoms with Gasteiger partial charge in [0.15, 0.2) is 12.6 Å².